The van der Waals surface area contributed by atoms with Crippen molar-refractivity contribution in [1.29, 1.82) is 0 Å². The fraction of sp³-hybridized carbons (Fsp3) is 0.154. The van der Waals surface area contributed by atoms with E-state index in [1.54, 1.807) is 55.5 Å². The molecule has 1 N–H and O–H groups in total. The van der Waals surface area contributed by atoms with Gasteiger partial charge in [-0.05, 0) is 73.6 Å². The van der Waals surface area contributed by atoms with Gasteiger partial charge in [-0.1, -0.05) is 31.2 Å². The number of benzene rings is 2. The van der Waals surface area contributed by atoms with E-state index >= 15 is 0 Å². The Morgan fingerprint density at radius 3 is 2.38 bits per heavy atom. The Kier molecular flexibility index (Phi) is 6.70. The number of amides is 2. The van der Waals surface area contributed by atoms with Gasteiger partial charge in [-0.2, -0.15) is 0 Å². The minimum absolute atomic E-state index is 0.0261. The van der Waals surface area contributed by atoms with Crippen LogP contribution in [-0.4, -0.2) is 29.5 Å². The zero-order chi connectivity index (χ0) is 24.2. The van der Waals surface area contributed by atoms with Crippen molar-refractivity contribution in [2.24, 2.45) is 0 Å². The Morgan fingerprint density at radius 2 is 1.74 bits per heavy atom. The SMILES string of the molecule is CCOC(=O)c1ccc(-c2ccc(C=C3C(=O)NC(=S)N(c4ccc(CC)cc4)C3=O)o2)cc1. The molecule has 0 aliphatic carbocycles. The summed E-state index contributed by atoms with van der Waals surface area (Å²) >= 11 is 5.24. The van der Waals surface area contributed by atoms with Crippen molar-refractivity contribution >= 4 is 46.9 Å². The third-order valence-corrected chi connectivity index (χ3v) is 5.58. The van der Waals surface area contributed by atoms with Crippen molar-refractivity contribution in [2.45, 2.75) is 20.3 Å². The average Bonchev–Trinajstić information content (AvgIpc) is 3.31. The van der Waals surface area contributed by atoms with E-state index in [2.05, 4.69) is 5.32 Å². The Labute approximate surface area is 202 Å². The molecule has 1 saturated heterocycles. The average molecular weight is 475 g/mol. The molecule has 1 aliphatic rings. The Morgan fingerprint density at radius 1 is 1.03 bits per heavy atom. The minimum atomic E-state index is -0.590. The van der Waals surface area contributed by atoms with E-state index in [-0.39, 0.29) is 10.7 Å². The first kappa shape index (κ1) is 23.1. The van der Waals surface area contributed by atoms with E-state index in [1.807, 2.05) is 19.1 Å². The number of nitrogens with zero attached hydrogens (tertiary/aromatic N) is 1. The van der Waals surface area contributed by atoms with Crippen molar-refractivity contribution < 1.29 is 23.5 Å². The summed E-state index contributed by atoms with van der Waals surface area (Å²) in [5.41, 5.74) is 2.77. The fourth-order valence-corrected chi connectivity index (χ4v) is 3.77. The number of thiocarbonyl (C=S) groups is 1. The van der Waals surface area contributed by atoms with Gasteiger partial charge in [0.1, 0.15) is 17.1 Å². The molecule has 1 aromatic heterocycles. The van der Waals surface area contributed by atoms with Crippen LogP contribution in [0.1, 0.15) is 35.5 Å². The van der Waals surface area contributed by atoms with E-state index in [1.165, 1.54) is 11.0 Å². The maximum atomic E-state index is 13.2. The molecular formula is C26H22N2O5S. The molecule has 3 aromatic rings. The van der Waals surface area contributed by atoms with E-state index in [9.17, 15) is 14.4 Å². The summed E-state index contributed by atoms with van der Waals surface area (Å²) in [5, 5.41) is 2.59. The van der Waals surface area contributed by atoms with Gasteiger partial charge >= 0.3 is 5.97 Å². The molecule has 34 heavy (non-hydrogen) atoms. The molecular weight excluding hydrogens is 452 g/mol. The van der Waals surface area contributed by atoms with Gasteiger partial charge in [0.05, 0.1) is 17.9 Å². The van der Waals surface area contributed by atoms with Crippen LogP contribution in [0.5, 0.6) is 0 Å². The molecule has 4 rings (SSSR count). The standard InChI is InChI=1S/C26H22N2O5S/c1-3-16-5-11-19(12-6-16)28-24(30)21(23(29)27-26(28)34)15-20-13-14-22(33-20)17-7-9-18(10-8-17)25(31)32-4-2/h5-15H,3-4H2,1-2H3,(H,27,29,34). The van der Waals surface area contributed by atoms with Crippen molar-refractivity contribution in [3.8, 4) is 11.3 Å². The van der Waals surface area contributed by atoms with Crippen LogP contribution in [0.25, 0.3) is 17.4 Å². The number of ether oxygens (including phenoxy) is 1. The van der Waals surface area contributed by atoms with Crippen LogP contribution in [0.3, 0.4) is 0 Å². The number of anilines is 1. The molecule has 0 unspecified atom stereocenters. The molecule has 1 aliphatic heterocycles. The summed E-state index contributed by atoms with van der Waals surface area (Å²) in [6.45, 7) is 4.09. The number of rotatable bonds is 6. The van der Waals surface area contributed by atoms with Gasteiger partial charge in [-0.25, -0.2) is 4.79 Å². The Bertz CT molecular complexity index is 1290. The molecule has 2 heterocycles. The third kappa shape index (κ3) is 4.67. The molecule has 2 aromatic carbocycles. The first-order valence-corrected chi connectivity index (χ1v) is 11.2. The Balaban J connectivity index is 1.58. The smallest absolute Gasteiger partial charge is 0.338 e. The normalized spacial score (nSPS) is 14.9. The monoisotopic (exact) mass is 474 g/mol. The number of esters is 1. The highest BCUT2D eigenvalue weighted by Crippen LogP contribution is 2.26. The van der Waals surface area contributed by atoms with E-state index in [0.717, 1.165) is 17.5 Å². The molecule has 0 atom stereocenters. The van der Waals surface area contributed by atoms with E-state index in [4.69, 9.17) is 21.4 Å². The van der Waals surface area contributed by atoms with Crippen LogP contribution in [0.2, 0.25) is 0 Å². The number of carbonyl (C=O) groups is 3. The molecule has 0 radical (unpaired) electrons. The van der Waals surface area contributed by atoms with E-state index in [0.29, 0.717) is 29.4 Å². The summed E-state index contributed by atoms with van der Waals surface area (Å²) in [6, 6.07) is 17.6. The number of hydrogen-bond acceptors (Lipinski definition) is 6. The second-order valence-electron chi connectivity index (χ2n) is 7.48. The molecule has 2 amide bonds. The van der Waals surface area contributed by atoms with Crippen molar-refractivity contribution in [1.82, 2.24) is 5.32 Å². The third-order valence-electron chi connectivity index (χ3n) is 5.30. The second-order valence-corrected chi connectivity index (χ2v) is 7.86. The number of aryl methyl sites for hydroxylation is 1. The number of nitrogens with one attached hydrogen (secondary N) is 1. The van der Waals surface area contributed by atoms with Crippen LogP contribution in [0.15, 0.2) is 70.7 Å². The lowest BCUT2D eigenvalue weighted by Gasteiger charge is -2.28. The van der Waals surface area contributed by atoms with Crippen LogP contribution < -0.4 is 10.2 Å². The first-order chi connectivity index (χ1) is 16.4. The van der Waals surface area contributed by atoms with Crippen LogP contribution in [0, 0.1) is 0 Å². The lowest BCUT2D eigenvalue weighted by atomic mass is 10.1. The lowest BCUT2D eigenvalue weighted by Crippen LogP contribution is -2.54. The molecule has 1 fully saturated rings. The topological polar surface area (TPSA) is 88.9 Å². The minimum Gasteiger partial charge on any atom is -0.462 e. The molecule has 7 nitrogen and oxygen atoms in total. The highest BCUT2D eigenvalue weighted by Gasteiger charge is 2.34. The largest absolute Gasteiger partial charge is 0.462 e. The summed E-state index contributed by atoms with van der Waals surface area (Å²) in [4.78, 5) is 38.8. The van der Waals surface area contributed by atoms with Gasteiger partial charge < -0.3 is 9.15 Å². The summed E-state index contributed by atoms with van der Waals surface area (Å²) in [5.74, 6) is -0.666. The predicted octanol–water partition coefficient (Wildman–Crippen LogP) is 4.52. The molecule has 0 bridgehead atoms. The maximum absolute atomic E-state index is 13.2. The van der Waals surface area contributed by atoms with Crippen LogP contribution >= 0.6 is 12.2 Å². The van der Waals surface area contributed by atoms with Gasteiger partial charge in [0.25, 0.3) is 11.8 Å². The second kappa shape index (κ2) is 9.84. The molecule has 172 valence electrons. The molecule has 8 heteroatoms. The maximum Gasteiger partial charge on any atom is 0.338 e. The number of hydrogen-bond donors (Lipinski definition) is 1. The van der Waals surface area contributed by atoms with Gasteiger partial charge in [-0.15, -0.1) is 0 Å². The molecule has 0 spiro atoms. The lowest BCUT2D eigenvalue weighted by molar-refractivity contribution is -0.122. The van der Waals surface area contributed by atoms with Gasteiger partial charge in [-0.3, -0.25) is 19.8 Å². The zero-order valence-electron chi connectivity index (χ0n) is 18.7. The van der Waals surface area contributed by atoms with Gasteiger partial charge in [0, 0.05) is 5.56 Å². The van der Waals surface area contributed by atoms with Crippen molar-refractivity contribution in [3.05, 3.63) is 83.1 Å². The van der Waals surface area contributed by atoms with Crippen LogP contribution in [-0.2, 0) is 20.7 Å². The number of furan rings is 1. The fourth-order valence-electron chi connectivity index (χ4n) is 3.49. The molecule has 0 saturated carbocycles. The number of carbonyl (C=O) groups excluding carboxylic acids is 3. The summed E-state index contributed by atoms with van der Waals surface area (Å²) in [6.07, 6.45) is 2.26. The van der Waals surface area contributed by atoms with Gasteiger partial charge in [0.15, 0.2) is 5.11 Å². The van der Waals surface area contributed by atoms with Crippen molar-refractivity contribution in [2.75, 3.05) is 11.5 Å². The zero-order valence-corrected chi connectivity index (χ0v) is 19.5. The Hall–Kier alpha value is -4.04. The summed E-state index contributed by atoms with van der Waals surface area (Å²) in [7, 11) is 0. The van der Waals surface area contributed by atoms with Crippen LogP contribution in [0.4, 0.5) is 5.69 Å². The van der Waals surface area contributed by atoms with Crippen molar-refractivity contribution in [3.63, 3.8) is 0 Å². The summed E-state index contributed by atoms with van der Waals surface area (Å²) < 4.78 is 10.8. The highest BCUT2D eigenvalue weighted by molar-refractivity contribution is 7.80. The predicted molar refractivity (Wildman–Crippen MR) is 132 cm³/mol. The van der Waals surface area contributed by atoms with E-state index < -0.39 is 17.8 Å². The quantitative estimate of drug-likeness (QED) is 0.245. The van der Waals surface area contributed by atoms with Gasteiger partial charge in [0.2, 0.25) is 0 Å². The first-order valence-electron chi connectivity index (χ1n) is 10.8. The highest BCUT2D eigenvalue weighted by atomic mass is 32.1.